The van der Waals surface area contributed by atoms with Gasteiger partial charge >= 0.3 is 0 Å². The van der Waals surface area contributed by atoms with E-state index in [4.69, 9.17) is 0 Å². The van der Waals surface area contributed by atoms with Gasteiger partial charge in [-0.2, -0.15) is 0 Å². The Kier molecular flexibility index (Phi) is 6.45. The molecule has 4 nitrogen and oxygen atoms in total. The highest BCUT2D eigenvalue weighted by molar-refractivity contribution is 6.07. The molecule has 1 heterocycles. The zero-order chi connectivity index (χ0) is 18.9. The van der Waals surface area contributed by atoms with Crippen LogP contribution in [0.2, 0.25) is 0 Å². The zero-order valence-electron chi connectivity index (χ0n) is 16.3. The third-order valence-electron chi connectivity index (χ3n) is 4.74. The predicted octanol–water partition coefficient (Wildman–Crippen LogP) is 4.58. The quantitative estimate of drug-likeness (QED) is 0.785. The van der Waals surface area contributed by atoms with E-state index in [0.29, 0.717) is 11.1 Å². The Morgan fingerprint density at radius 3 is 2.41 bits per heavy atom. The van der Waals surface area contributed by atoms with Crippen molar-refractivity contribution in [3.63, 3.8) is 0 Å². The van der Waals surface area contributed by atoms with Gasteiger partial charge in [0.25, 0.3) is 5.91 Å². The summed E-state index contributed by atoms with van der Waals surface area (Å²) in [6, 6.07) is 13.0. The molecule has 2 aromatic rings. The summed E-state index contributed by atoms with van der Waals surface area (Å²) in [5.41, 5.74) is 3.98. The van der Waals surface area contributed by atoms with Crippen molar-refractivity contribution in [2.24, 2.45) is 5.41 Å². The van der Waals surface area contributed by atoms with Crippen molar-refractivity contribution in [1.29, 1.82) is 0 Å². The fourth-order valence-corrected chi connectivity index (χ4v) is 3.21. The second-order valence-corrected chi connectivity index (χ2v) is 8.09. The van der Waals surface area contributed by atoms with Crippen LogP contribution >= 0.6 is 12.4 Å². The highest BCUT2D eigenvalue weighted by Crippen LogP contribution is 2.24. The van der Waals surface area contributed by atoms with Gasteiger partial charge in [-0.1, -0.05) is 39.0 Å². The smallest absolute Gasteiger partial charge is 0.255 e. The monoisotopic (exact) mass is 386 g/mol. The largest absolute Gasteiger partial charge is 0.322 e. The molecule has 0 unspecified atom stereocenters. The Morgan fingerprint density at radius 1 is 1.00 bits per heavy atom. The van der Waals surface area contributed by atoms with Gasteiger partial charge in [-0.25, -0.2) is 0 Å². The van der Waals surface area contributed by atoms with Crippen molar-refractivity contribution >= 4 is 29.8 Å². The SMILES string of the molecule is CN1CCc2ccc(NC(=O)c3cccc(C(=O)C(C)(C)C)c3)cc2C1.Cl. The summed E-state index contributed by atoms with van der Waals surface area (Å²) >= 11 is 0. The van der Waals surface area contributed by atoms with Crippen LogP contribution in [0.5, 0.6) is 0 Å². The van der Waals surface area contributed by atoms with Crippen LogP contribution in [-0.2, 0) is 13.0 Å². The van der Waals surface area contributed by atoms with Crippen LogP contribution in [0.1, 0.15) is 52.6 Å². The molecule has 0 saturated carbocycles. The van der Waals surface area contributed by atoms with E-state index in [9.17, 15) is 9.59 Å². The van der Waals surface area contributed by atoms with Crippen molar-refractivity contribution in [2.45, 2.75) is 33.7 Å². The maximum absolute atomic E-state index is 12.6. The molecule has 144 valence electrons. The fraction of sp³-hybridized carbons (Fsp3) is 0.364. The summed E-state index contributed by atoms with van der Waals surface area (Å²) in [6.07, 6.45) is 1.04. The molecule has 27 heavy (non-hydrogen) atoms. The van der Waals surface area contributed by atoms with Gasteiger partial charge in [-0.05, 0) is 48.9 Å². The summed E-state index contributed by atoms with van der Waals surface area (Å²) < 4.78 is 0. The van der Waals surface area contributed by atoms with E-state index in [-0.39, 0.29) is 24.1 Å². The Balaban J connectivity index is 0.00000261. The number of nitrogens with one attached hydrogen (secondary N) is 1. The number of likely N-dealkylation sites (N-methyl/N-ethyl adjacent to an activating group) is 1. The van der Waals surface area contributed by atoms with Crippen LogP contribution in [0.3, 0.4) is 0 Å². The molecule has 2 aromatic carbocycles. The number of Topliss-reactive ketones (excluding diaryl/α,β-unsaturated/α-hetero) is 1. The van der Waals surface area contributed by atoms with Crippen LogP contribution < -0.4 is 5.32 Å². The van der Waals surface area contributed by atoms with E-state index in [1.54, 1.807) is 24.3 Å². The van der Waals surface area contributed by atoms with Crippen molar-refractivity contribution in [1.82, 2.24) is 4.90 Å². The maximum atomic E-state index is 12.6. The van der Waals surface area contributed by atoms with E-state index in [1.165, 1.54) is 11.1 Å². The number of carbonyl (C=O) groups excluding carboxylic acids is 2. The van der Waals surface area contributed by atoms with Crippen LogP contribution in [-0.4, -0.2) is 30.2 Å². The molecule has 0 bridgehead atoms. The van der Waals surface area contributed by atoms with Crippen molar-refractivity contribution in [3.05, 3.63) is 64.7 Å². The van der Waals surface area contributed by atoms with Gasteiger partial charge in [-0.3, -0.25) is 9.59 Å². The number of halogens is 1. The molecule has 1 aliphatic heterocycles. The number of hydrogen-bond acceptors (Lipinski definition) is 3. The topological polar surface area (TPSA) is 49.4 Å². The average Bonchev–Trinajstić information content (AvgIpc) is 2.60. The first-order valence-corrected chi connectivity index (χ1v) is 9.00. The lowest BCUT2D eigenvalue weighted by atomic mass is 9.86. The maximum Gasteiger partial charge on any atom is 0.255 e. The van der Waals surface area contributed by atoms with E-state index in [0.717, 1.165) is 25.2 Å². The molecule has 1 aliphatic rings. The molecule has 0 aromatic heterocycles. The molecule has 0 atom stereocenters. The molecule has 3 rings (SSSR count). The van der Waals surface area contributed by atoms with Gasteiger partial charge < -0.3 is 10.2 Å². The summed E-state index contributed by atoms with van der Waals surface area (Å²) in [5, 5.41) is 2.96. The first kappa shape index (κ1) is 21.1. The van der Waals surface area contributed by atoms with Gasteiger partial charge in [0.2, 0.25) is 0 Å². The Labute approximate surface area is 167 Å². The number of anilines is 1. The Bertz CT molecular complexity index is 856. The van der Waals surface area contributed by atoms with Crippen LogP contribution in [0.25, 0.3) is 0 Å². The van der Waals surface area contributed by atoms with E-state index < -0.39 is 5.41 Å². The summed E-state index contributed by atoms with van der Waals surface area (Å²) in [5.74, 6) is -0.165. The molecule has 0 saturated heterocycles. The first-order chi connectivity index (χ1) is 12.2. The second kappa shape index (κ2) is 8.24. The second-order valence-electron chi connectivity index (χ2n) is 8.09. The number of fused-ring (bicyclic) bond motifs is 1. The minimum atomic E-state index is -0.473. The molecule has 0 fully saturated rings. The molecule has 0 radical (unpaired) electrons. The molecule has 1 amide bonds. The van der Waals surface area contributed by atoms with Crippen LogP contribution in [0.15, 0.2) is 42.5 Å². The third-order valence-corrected chi connectivity index (χ3v) is 4.74. The third kappa shape index (κ3) is 4.96. The van der Waals surface area contributed by atoms with Gasteiger partial charge in [0, 0.05) is 35.3 Å². The van der Waals surface area contributed by atoms with E-state index in [1.807, 2.05) is 32.9 Å². The highest BCUT2D eigenvalue weighted by atomic mass is 35.5. The number of benzene rings is 2. The number of rotatable bonds is 3. The highest BCUT2D eigenvalue weighted by Gasteiger charge is 2.23. The Hall–Kier alpha value is -2.17. The van der Waals surface area contributed by atoms with Gasteiger partial charge in [0.15, 0.2) is 5.78 Å². The van der Waals surface area contributed by atoms with Gasteiger partial charge in [0.05, 0.1) is 0 Å². The minimum Gasteiger partial charge on any atom is -0.322 e. The normalized spacial score (nSPS) is 14.1. The number of nitrogens with zero attached hydrogens (tertiary/aromatic N) is 1. The van der Waals surface area contributed by atoms with Gasteiger partial charge in [0.1, 0.15) is 0 Å². The zero-order valence-corrected chi connectivity index (χ0v) is 17.2. The predicted molar refractivity (Wildman–Crippen MR) is 112 cm³/mol. The lowest BCUT2D eigenvalue weighted by Gasteiger charge is -2.25. The molecule has 0 spiro atoms. The summed E-state index contributed by atoms with van der Waals surface area (Å²) in [7, 11) is 2.10. The number of ketones is 1. The number of hydrogen-bond donors (Lipinski definition) is 1. The van der Waals surface area contributed by atoms with Gasteiger partial charge in [-0.15, -0.1) is 12.4 Å². The van der Waals surface area contributed by atoms with Crippen LogP contribution in [0, 0.1) is 5.41 Å². The van der Waals surface area contributed by atoms with Crippen molar-refractivity contribution < 1.29 is 9.59 Å². The number of amides is 1. The summed E-state index contributed by atoms with van der Waals surface area (Å²) in [4.78, 5) is 27.4. The first-order valence-electron chi connectivity index (χ1n) is 9.00. The van der Waals surface area contributed by atoms with E-state index in [2.05, 4.69) is 23.3 Å². The Morgan fingerprint density at radius 2 is 1.70 bits per heavy atom. The van der Waals surface area contributed by atoms with Crippen molar-refractivity contribution in [2.75, 3.05) is 18.9 Å². The average molecular weight is 387 g/mol. The van der Waals surface area contributed by atoms with Crippen molar-refractivity contribution in [3.8, 4) is 0 Å². The molecular weight excluding hydrogens is 360 g/mol. The molecular formula is C22H27ClN2O2. The lowest BCUT2D eigenvalue weighted by molar-refractivity contribution is 0.0858. The summed E-state index contributed by atoms with van der Waals surface area (Å²) in [6.45, 7) is 7.60. The molecule has 0 aliphatic carbocycles. The number of carbonyl (C=O) groups is 2. The molecule has 1 N–H and O–H groups in total. The van der Waals surface area contributed by atoms with E-state index >= 15 is 0 Å². The lowest BCUT2D eigenvalue weighted by Crippen LogP contribution is -2.26. The minimum absolute atomic E-state index is 0. The van der Waals surface area contributed by atoms with Crippen LogP contribution in [0.4, 0.5) is 5.69 Å². The fourth-order valence-electron chi connectivity index (χ4n) is 3.21. The standard InChI is InChI=1S/C22H26N2O2.ClH/c1-22(2,3)20(25)16-6-5-7-17(12-16)21(26)23-19-9-8-15-10-11-24(4)14-18(15)13-19;/h5-9,12-13H,10-11,14H2,1-4H3,(H,23,26);1H. The molecule has 5 heteroatoms.